The molecule has 0 saturated heterocycles. The van der Waals surface area contributed by atoms with Gasteiger partial charge in [0.15, 0.2) is 0 Å². The summed E-state index contributed by atoms with van der Waals surface area (Å²) < 4.78 is 18.8. The summed E-state index contributed by atoms with van der Waals surface area (Å²) in [7, 11) is 1.57. The third-order valence-corrected chi connectivity index (χ3v) is 5.58. The third-order valence-electron chi connectivity index (χ3n) is 5.58. The van der Waals surface area contributed by atoms with Gasteiger partial charge in [-0.2, -0.15) is 0 Å². The number of benzene rings is 4. The Labute approximate surface area is 189 Å². The fourth-order valence-corrected chi connectivity index (χ4v) is 3.97. The lowest BCUT2D eigenvalue weighted by Crippen LogP contribution is -2.32. The van der Waals surface area contributed by atoms with Gasteiger partial charge in [0.1, 0.15) is 17.3 Å². The number of carbonyl (C=O) groups is 2. The molecule has 0 atom stereocenters. The van der Waals surface area contributed by atoms with Crippen molar-refractivity contribution in [2.24, 2.45) is 0 Å². The zero-order chi connectivity index (χ0) is 22.9. The van der Waals surface area contributed by atoms with Gasteiger partial charge >= 0.3 is 0 Å². The van der Waals surface area contributed by atoms with Gasteiger partial charge in [0.05, 0.1) is 18.4 Å². The second-order valence-corrected chi connectivity index (χ2v) is 7.55. The van der Waals surface area contributed by atoms with Crippen LogP contribution in [0.1, 0.15) is 5.56 Å². The number of amides is 2. The molecule has 0 saturated carbocycles. The van der Waals surface area contributed by atoms with Crippen molar-refractivity contribution in [2.45, 2.75) is 0 Å². The van der Waals surface area contributed by atoms with Crippen LogP contribution in [0.5, 0.6) is 5.75 Å². The Hall–Kier alpha value is -4.45. The van der Waals surface area contributed by atoms with Crippen LogP contribution in [0.4, 0.5) is 15.8 Å². The van der Waals surface area contributed by atoms with E-state index in [1.807, 2.05) is 36.4 Å². The predicted octanol–water partition coefficient (Wildman–Crippen LogP) is 5.38. The molecule has 0 spiro atoms. The number of rotatable bonds is 5. The molecule has 1 N–H and O–H groups in total. The molecule has 1 heterocycles. The van der Waals surface area contributed by atoms with Crippen molar-refractivity contribution in [3.63, 3.8) is 0 Å². The summed E-state index contributed by atoms with van der Waals surface area (Å²) in [6, 6.07) is 25.6. The fraction of sp³-hybridized carbons (Fsp3) is 0.0370. The van der Waals surface area contributed by atoms with Crippen LogP contribution in [0.3, 0.4) is 0 Å². The number of ether oxygens (including phenoxy) is 1. The first-order valence-corrected chi connectivity index (χ1v) is 10.3. The molecule has 2 amide bonds. The van der Waals surface area contributed by atoms with Crippen molar-refractivity contribution in [1.82, 2.24) is 0 Å². The first-order valence-electron chi connectivity index (χ1n) is 10.3. The lowest BCUT2D eigenvalue weighted by Gasteiger charge is -2.18. The smallest absolute Gasteiger partial charge is 0.282 e. The van der Waals surface area contributed by atoms with Crippen LogP contribution in [0.15, 0.2) is 96.7 Å². The highest BCUT2D eigenvalue weighted by Gasteiger charge is 2.40. The molecule has 0 aromatic heterocycles. The van der Waals surface area contributed by atoms with Crippen LogP contribution in [-0.2, 0) is 9.59 Å². The third kappa shape index (κ3) is 3.61. The first kappa shape index (κ1) is 20.5. The number of anilines is 2. The Bertz CT molecular complexity index is 1400. The van der Waals surface area contributed by atoms with Crippen molar-refractivity contribution in [2.75, 3.05) is 17.3 Å². The number of fused-ring (bicyclic) bond motifs is 1. The Balaban J connectivity index is 1.63. The minimum atomic E-state index is -0.480. The number of methoxy groups -OCH3 is 1. The monoisotopic (exact) mass is 438 g/mol. The maximum absolute atomic E-state index is 13.6. The van der Waals surface area contributed by atoms with Gasteiger partial charge in [0, 0.05) is 11.1 Å². The van der Waals surface area contributed by atoms with Crippen LogP contribution in [0.2, 0.25) is 0 Å². The normalized spacial score (nSPS) is 13.7. The maximum Gasteiger partial charge on any atom is 0.282 e. The number of nitrogens with zero attached hydrogens (tertiary/aromatic N) is 1. The van der Waals surface area contributed by atoms with E-state index >= 15 is 0 Å². The highest BCUT2D eigenvalue weighted by Crippen LogP contribution is 2.37. The van der Waals surface area contributed by atoms with Gasteiger partial charge in [-0.05, 0) is 53.4 Å². The largest absolute Gasteiger partial charge is 0.497 e. The van der Waals surface area contributed by atoms with E-state index in [2.05, 4.69) is 5.32 Å². The van der Waals surface area contributed by atoms with Crippen molar-refractivity contribution in [1.29, 1.82) is 0 Å². The summed E-state index contributed by atoms with van der Waals surface area (Å²) in [5.41, 5.74) is 1.88. The maximum atomic E-state index is 13.6. The number of hydrogen-bond acceptors (Lipinski definition) is 4. The van der Waals surface area contributed by atoms with Gasteiger partial charge in [-0.1, -0.05) is 48.5 Å². The SMILES string of the molecule is COc1ccc(NC2=C(c3ccc(F)cc3)C(=O)N(c3cccc4ccccc34)C2=O)cc1. The molecule has 1 aliphatic heterocycles. The average Bonchev–Trinajstić information content (AvgIpc) is 3.09. The van der Waals surface area contributed by atoms with Crippen molar-refractivity contribution in [3.05, 3.63) is 108 Å². The average molecular weight is 438 g/mol. The molecule has 0 fully saturated rings. The van der Waals surface area contributed by atoms with Gasteiger partial charge < -0.3 is 10.1 Å². The highest BCUT2D eigenvalue weighted by atomic mass is 19.1. The summed E-state index contributed by atoms with van der Waals surface area (Å²) in [5, 5.41) is 4.80. The van der Waals surface area contributed by atoms with E-state index in [1.54, 1.807) is 37.4 Å². The van der Waals surface area contributed by atoms with E-state index in [0.717, 1.165) is 10.8 Å². The Morgan fingerprint density at radius 1 is 0.788 bits per heavy atom. The van der Waals surface area contributed by atoms with Gasteiger partial charge in [-0.3, -0.25) is 9.59 Å². The predicted molar refractivity (Wildman–Crippen MR) is 126 cm³/mol. The molecule has 6 heteroatoms. The molecule has 162 valence electrons. The molecular weight excluding hydrogens is 419 g/mol. The molecule has 5 nitrogen and oxygen atoms in total. The molecule has 33 heavy (non-hydrogen) atoms. The van der Waals surface area contributed by atoms with E-state index in [4.69, 9.17) is 4.74 Å². The zero-order valence-electron chi connectivity index (χ0n) is 17.7. The molecule has 0 bridgehead atoms. The minimum absolute atomic E-state index is 0.129. The van der Waals surface area contributed by atoms with Crippen LogP contribution < -0.4 is 15.0 Å². The number of carbonyl (C=O) groups excluding carboxylic acids is 2. The molecular formula is C27H19FN2O3. The van der Waals surface area contributed by atoms with Crippen molar-refractivity contribution >= 4 is 39.5 Å². The van der Waals surface area contributed by atoms with E-state index in [1.165, 1.54) is 29.2 Å². The summed E-state index contributed by atoms with van der Waals surface area (Å²) in [6.45, 7) is 0. The van der Waals surface area contributed by atoms with Gasteiger partial charge in [-0.25, -0.2) is 9.29 Å². The summed E-state index contributed by atoms with van der Waals surface area (Å²) in [4.78, 5) is 28.4. The van der Waals surface area contributed by atoms with Crippen LogP contribution >= 0.6 is 0 Å². The first-order chi connectivity index (χ1) is 16.1. The number of halogens is 1. The standard InChI is InChI=1S/C27H19FN2O3/c1-33-21-15-13-20(14-16-21)29-25-24(18-9-11-19(28)12-10-18)26(31)30(27(25)32)23-8-4-6-17-5-2-3-7-22(17)23/h2-16,29H,1H3. The molecule has 1 aliphatic rings. The number of imide groups is 1. The molecule has 0 unspecified atom stereocenters. The fourth-order valence-electron chi connectivity index (χ4n) is 3.97. The van der Waals surface area contributed by atoms with E-state index in [9.17, 15) is 14.0 Å². The van der Waals surface area contributed by atoms with E-state index in [-0.39, 0.29) is 11.3 Å². The van der Waals surface area contributed by atoms with Crippen LogP contribution in [0, 0.1) is 5.82 Å². The lowest BCUT2D eigenvalue weighted by molar-refractivity contribution is -0.120. The topological polar surface area (TPSA) is 58.6 Å². The summed E-state index contributed by atoms with van der Waals surface area (Å²) in [5.74, 6) is -0.711. The van der Waals surface area contributed by atoms with Gasteiger partial charge in [0.2, 0.25) is 0 Å². The number of hydrogen-bond donors (Lipinski definition) is 1. The molecule has 0 aliphatic carbocycles. The molecule has 4 aromatic carbocycles. The lowest BCUT2D eigenvalue weighted by atomic mass is 10.0. The zero-order valence-corrected chi connectivity index (χ0v) is 17.7. The Morgan fingerprint density at radius 2 is 1.48 bits per heavy atom. The van der Waals surface area contributed by atoms with Crippen molar-refractivity contribution in [3.8, 4) is 5.75 Å². The number of nitrogens with one attached hydrogen (secondary N) is 1. The van der Waals surface area contributed by atoms with E-state index in [0.29, 0.717) is 22.7 Å². The Morgan fingerprint density at radius 3 is 2.21 bits per heavy atom. The van der Waals surface area contributed by atoms with Gasteiger partial charge in [-0.15, -0.1) is 0 Å². The highest BCUT2D eigenvalue weighted by molar-refractivity contribution is 6.47. The quantitative estimate of drug-likeness (QED) is 0.425. The van der Waals surface area contributed by atoms with Crippen LogP contribution in [0.25, 0.3) is 16.3 Å². The minimum Gasteiger partial charge on any atom is -0.497 e. The van der Waals surface area contributed by atoms with Crippen LogP contribution in [-0.4, -0.2) is 18.9 Å². The molecule has 5 rings (SSSR count). The van der Waals surface area contributed by atoms with Crippen molar-refractivity contribution < 1.29 is 18.7 Å². The summed E-state index contributed by atoms with van der Waals surface area (Å²) in [6.07, 6.45) is 0. The Kier molecular flexibility index (Phi) is 5.11. The van der Waals surface area contributed by atoms with E-state index < -0.39 is 17.6 Å². The summed E-state index contributed by atoms with van der Waals surface area (Å²) >= 11 is 0. The second-order valence-electron chi connectivity index (χ2n) is 7.55. The second kappa shape index (κ2) is 8.24. The molecule has 4 aromatic rings. The molecule has 0 radical (unpaired) electrons. The van der Waals surface area contributed by atoms with Gasteiger partial charge in [0.25, 0.3) is 11.8 Å².